The molecule has 0 atom stereocenters. The van der Waals surface area contributed by atoms with Gasteiger partial charge in [0.25, 0.3) is 5.91 Å². The molecule has 3 rings (SSSR count). The summed E-state index contributed by atoms with van der Waals surface area (Å²) in [6.07, 6.45) is 0. The minimum absolute atomic E-state index is 0.0692. The lowest BCUT2D eigenvalue weighted by Crippen LogP contribution is -2.21. The molecule has 3 aromatic carbocycles. The molecule has 0 spiro atoms. The van der Waals surface area contributed by atoms with E-state index in [4.69, 9.17) is 27.9 Å². The minimum atomic E-state index is -0.512. The lowest BCUT2D eigenvalue weighted by molar-refractivity contribution is -0.118. The van der Waals surface area contributed by atoms with E-state index < -0.39 is 11.7 Å². The average Bonchev–Trinajstić information content (AvgIpc) is 2.69. The zero-order chi connectivity index (χ0) is 20.1. The Morgan fingerprint density at radius 1 is 0.964 bits per heavy atom. The van der Waals surface area contributed by atoms with Gasteiger partial charge < -0.3 is 10.1 Å². The van der Waals surface area contributed by atoms with Crippen LogP contribution in [0.3, 0.4) is 0 Å². The molecule has 0 aromatic heterocycles. The summed E-state index contributed by atoms with van der Waals surface area (Å²) in [5.41, 5.74) is 0.969. The minimum Gasteiger partial charge on any atom is -0.483 e. The maximum atomic E-state index is 13.1. The molecule has 0 aliphatic rings. The van der Waals surface area contributed by atoms with Crippen molar-refractivity contribution < 1.29 is 18.7 Å². The van der Waals surface area contributed by atoms with Gasteiger partial charge in [-0.05, 0) is 36.4 Å². The maximum Gasteiger partial charge on any atom is 0.262 e. The van der Waals surface area contributed by atoms with Crippen LogP contribution in [0.2, 0.25) is 10.0 Å². The molecule has 1 amide bonds. The molecule has 4 nitrogen and oxygen atoms in total. The summed E-state index contributed by atoms with van der Waals surface area (Å²) in [4.78, 5) is 24.9. The van der Waals surface area contributed by atoms with E-state index in [9.17, 15) is 14.0 Å². The van der Waals surface area contributed by atoms with Gasteiger partial charge in [0, 0.05) is 10.6 Å². The maximum absolute atomic E-state index is 13.1. The van der Waals surface area contributed by atoms with Gasteiger partial charge in [0.2, 0.25) is 0 Å². The SMILES string of the molecule is O=C(COc1ccc(Cl)cc1C(=O)c1ccccc1)Nc1ccc(F)cc1Cl. The van der Waals surface area contributed by atoms with Crippen molar-refractivity contribution >= 4 is 40.6 Å². The third-order valence-electron chi connectivity index (χ3n) is 3.79. The summed E-state index contributed by atoms with van der Waals surface area (Å²) >= 11 is 11.9. The van der Waals surface area contributed by atoms with Crippen LogP contribution in [-0.4, -0.2) is 18.3 Å². The number of ether oxygens (including phenoxy) is 1. The van der Waals surface area contributed by atoms with E-state index >= 15 is 0 Å². The Balaban J connectivity index is 1.74. The lowest BCUT2D eigenvalue weighted by Gasteiger charge is -2.12. The van der Waals surface area contributed by atoms with Crippen LogP contribution in [-0.2, 0) is 4.79 Å². The van der Waals surface area contributed by atoms with Gasteiger partial charge >= 0.3 is 0 Å². The number of carbonyl (C=O) groups excluding carboxylic acids is 2. The Morgan fingerprint density at radius 2 is 1.71 bits per heavy atom. The molecule has 28 heavy (non-hydrogen) atoms. The van der Waals surface area contributed by atoms with E-state index in [1.807, 2.05) is 0 Å². The second-order valence-electron chi connectivity index (χ2n) is 5.80. The average molecular weight is 418 g/mol. The summed E-state index contributed by atoms with van der Waals surface area (Å²) in [5.74, 6) is -1.08. The van der Waals surface area contributed by atoms with E-state index in [2.05, 4.69) is 5.32 Å². The van der Waals surface area contributed by atoms with Crippen LogP contribution in [0, 0.1) is 5.82 Å². The smallest absolute Gasteiger partial charge is 0.262 e. The molecule has 0 aliphatic carbocycles. The summed E-state index contributed by atoms with van der Waals surface area (Å²) in [5, 5.41) is 2.96. The summed E-state index contributed by atoms with van der Waals surface area (Å²) in [6.45, 7) is -0.371. The van der Waals surface area contributed by atoms with Crippen molar-refractivity contribution in [1.29, 1.82) is 0 Å². The number of anilines is 1. The molecule has 142 valence electrons. The van der Waals surface area contributed by atoms with Crippen LogP contribution in [0.4, 0.5) is 10.1 Å². The second-order valence-corrected chi connectivity index (χ2v) is 6.64. The van der Waals surface area contributed by atoms with Gasteiger partial charge in [-0.25, -0.2) is 4.39 Å². The molecule has 1 N–H and O–H groups in total. The molecule has 0 radical (unpaired) electrons. The Kier molecular flexibility index (Phi) is 6.29. The van der Waals surface area contributed by atoms with E-state index in [0.29, 0.717) is 10.6 Å². The zero-order valence-electron chi connectivity index (χ0n) is 14.4. The molecule has 7 heteroatoms. The third kappa shape index (κ3) is 4.88. The zero-order valence-corrected chi connectivity index (χ0v) is 15.9. The fraction of sp³-hybridized carbons (Fsp3) is 0.0476. The van der Waals surface area contributed by atoms with E-state index in [-0.39, 0.29) is 34.4 Å². The second kappa shape index (κ2) is 8.87. The first-order chi connectivity index (χ1) is 13.4. The summed E-state index contributed by atoms with van der Waals surface area (Å²) in [7, 11) is 0. The molecule has 0 bridgehead atoms. The highest BCUT2D eigenvalue weighted by molar-refractivity contribution is 6.33. The van der Waals surface area contributed by atoms with Crippen molar-refractivity contribution in [3.63, 3.8) is 0 Å². The quantitative estimate of drug-likeness (QED) is 0.547. The van der Waals surface area contributed by atoms with Crippen molar-refractivity contribution in [3.05, 3.63) is 93.7 Å². The monoisotopic (exact) mass is 417 g/mol. The number of hydrogen-bond donors (Lipinski definition) is 1. The molecule has 0 saturated carbocycles. The number of hydrogen-bond acceptors (Lipinski definition) is 3. The number of ketones is 1. The number of benzene rings is 3. The largest absolute Gasteiger partial charge is 0.483 e. The Hall–Kier alpha value is -2.89. The molecular weight excluding hydrogens is 404 g/mol. The van der Waals surface area contributed by atoms with Crippen LogP contribution >= 0.6 is 23.2 Å². The summed E-state index contributed by atoms with van der Waals surface area (Å²) in [6, 6.07) is 16.8. The first kappa shape index (κ1) is 19.9. The first-order valence-corrected chi connectivity index (χ1v) is 8.96. The predicted octanol–water partition coefficient (Wildman–Crippen LogP) is 5.38. The summed E-state index contributed by atoms with van der Waals surface area (Å²) < 4.78 is 18.6. The highest BCUT2D eigenvalue weighted by Crippen LogP contribution is 2.26. The van der Waals surface area contributed by atoms with Gasteiger partial charge in [0.05, 0.1) is 16.3 Å². The van der Waals surface area contributed by atoms with E-state index in [1.54, 1.807) is 36.4 Å². The van der Waals surface area contributed by atoms with Crippen LogP contribution in [0.15, 0.2) is 66.7 Å². The van der Waals surface area contributed by atoms with Crippen molar-refractivity contribution in [2.45, 2.75) is 0 Å². The standard InChI is InChI=1S/C21H14Cl2FNO3/c22-14-6-9-19(16(10-14)21(27)13-4-2-1-3-5-13)28-12-20(26)25-18-8-7-15(24)11-17(18)23/h1-11H,12H2,(H,25,26). The van der Waals surface area contributed by atoms with Gasteiger partial charge in [-0.2, -0.15) is 0 Å². The topological polar surface area (TPSA) is 55.4 Å². The van der Waals surface area contributed by atoms with E-state index in [0.717, 1.165) is 6.07 Å². The number of carbonyl (C=O) groups is 2. The van der Waals surface area contributed by atoms with Gasteiger partial charge in [-0.15, -0.1) is 0 Å². The number of rotatable bonds is 6. The van der Waals surface area contributed by atoms with Crippen LogP contribution in [0.25, 0.3) is 0 Å². The van der Waals surface area contributed by atoms with Crippen molar-refractivity contribution in [2.24, 2.45) is 0 Å². The van der Waals surface area contributed by atoms with E-state index in [1.165, 1.54) is 24.3 Å². The molecule has 0 saturated heterocycles. The van der Waals surface area contributed by atoms with Crippen LogP contribution < -0.4 is 10.1 Å². The Labute approximate surface area is 170 Å². The number of amides is 1. The van der Waals surface area contributed by atoms with Gasteiger partial charge in [0.15, 0.2) is 12.4 Å². The highest BCUT2D eigenvalue weighted by Gasteiger charge is 2.16. The van der Waals surface area contributed by atoms with Crippen LogP contribution in [0.1, 0.15) is 15.9 Å². The first-order valence-electron chi connectivity index (χ1n) is 8.21. The Bertz CT molecular complexity index is 1030. The predicted molar refractivity (Wildman–Crippen MR) is 107 cm³/mol. The normalized spacial score (nSPS) is 10.4. The van der Waals surface area contributed by atoms with Crippen molar-refractivity contribution in [3.8, 4) is 5.75 Å². The van der Waals surface area contributed by atoms with Crippen LogP contribution in [0.5, 0.6) is 5.75 Å². The number of nitrogens with one attached hydrogen (secondary N) is 1. The fourth-order valence-electron chi connectivity index (χ4n) is 2.47. The third-order valence-corrected chi connectivity index (χ3v) is 4.33. The lowest BCUT2D eigenvalue weighted by atomic mass is 10.0. The molecular formula is C21H14Cl2FNO3. The molecule has 0 unspecified atom stereocenters. The molecule has 0 aliphatic heterocycles. The van der Waals surface area contributed by atoms with Gasteiger partial charge in [-0.3, -0.25) is 9.59 Å². The molecule has 3 aromatic rings. The Morgan fingerprint density at radius 3 is 2.43 bits per heavy atom. The van der Waals surface area contributed by atoms with Gasteiger partial charge in [-0.1, -0.05) is 53.5 Å². The van der Waals surface area contributed by atoms with Gasteiger partial charge in [0.1, 0.15) is 11.6 Å². The molecule has 0 heterocycles. The van der Waals surface area contributed by atoms with Crippen molar-refractivity contribution in [1.82, 2.24) is 0 Å². The fourth-order valence-corrected chi connectivity index (χ4v) is 2.86. The number of halogens is 3. The molecule has 0 fully saturated rings. The van der Waals surface area contributed by atoms with Crippen molar-refractivity contribution in [2.75, 3.05) is 11.9 Å². The highest BCUT2D eigenvalue weighted by atomic mass is 35.5.